The molecule has 1 heterocycles. The topological polar surface area (TPSA) is 29.5 Å². The number of halogens is 2. The summed E-state index contributed by atoms with van der Waals surface area (Å²) in [4.78, 5) is 11.7. The van der Waals surface area contributed by atoms with Gasteiger partial charge in [-0.2, -0.15) is 0 Å². The molecule has 5 heteroatoms. The van der Waals surface area contributed by atoms with Gasteiger partial charge in [0.05, 0.1) is 13.7 Å². The molecular weight excluding hydrogens is 156 g/mol. The van der Waals surface area contributed by atoms with Crippen molar-refractivity contribution in [1.29, 1.82) is 0 Å². The summed E-state index contributed by atoms with van der Waals surface area (Å²) in [6, 6.07) is 0. The van der Waals surface area contributed by atoms with Crippen molar-refractivity contribution < 1.29 is 18.3 Å². The molecule has 0 radical (unpaired) electrons. The summed E-state index contributed by atoms with van der Waals surface area (Å²) in [5.74, 6) is -2.73. The first-order valence-corrected chi connectivity index (χ1v) is 3.26. The smallest absolute Gasteiger partial charge is 0.409 e. The molecule has 11 heavy (non-hydrogen) atoms. The lowest BCUT2D eigenvalue weighted by atomic mass is 10.3. The van der Waals surface area contributed by atoms with Gasteiger partial charge in [-0.15, -0.1) is 0 Å². The zero-order valence-electron chi connectivity index (χ0n) is 6.14. The molecule has 0 unspecified atom stereocenters. The van der Waals surface area contributed by atoms with E-state index < -0.39 is 18.6 Å². The van der Waals surface area contributed by atoms with Gasteiger partial charge in [-0.3, -0.25) is 0 Å². The largest absolute Gasteiger partial charge is 0.453 e. The number of hydrogen-bond acceptors (Lipinski definition) is 2. The average molecular weight is 165 g/mol. The molecule has 1 amide bonds. The molecule has 1 rings (SSSR count). The standard InChI is InChI=1S/C6H9F2NO2/c1-11-5(10)9-3-2-6(7,8)4-9/h2-4H2,1H3. The third-order valence-corrected chi connectivity index (χ3v) is 1.60. The minimum atomic E-state index is -2.73. The van der Waals surface area contributed by atoms with Crippen LogP contribution >= 0.6 is 0 Å². The minimum absolute atomic E-state index is 0.0830. The van der Waals surface area contributed by atoms with Crippen LogP contribution in [0.5, 0.6) is 0 Å². The Hall–Kier alpha value is -0.870. The molecular formula is C6H9F2NO2. The Morgan fingerprint density at radius 1 is 1.64 bits per heavy atom. The lowest BCUT2D eigenvalue weighted by Crippen LogP contribution is -2.31. The van der Waals surface area contributed by atoms with E-state index in [1.807, 2.05) is 0 Å². The maximum Gasteiger partial charge on any atom is 0.409 e. The van der Waals surface area contributed by atoms with Crippen LogP contribution in [0.25, 0.3) is 0 Å². The Kier molecular flexibility index (Phi) is 1.97. The zero-order chi connectivity index (χ0) is 8.48. The number of amides is 1. The van der Waals surface area contributed by atoms with Crippen molar-refractivity contribution in [3.05, 3.63) is 0 Å². The fourth-order valence-electron chi connectivity index (χ4n) is 1.02. The summed E-state index contributed by atoms with van der Waals surface area (Å²) in [7, 11) is 1.18. The van der Waals surface area contributed by atoms with Crippen molar-refractivity contribution >= 4 is 6.09 Å². The Balaban J connectivity index is 2.48. The first kappa shape index (κ1) is 8.23. The third kappa shape index (κ3) is 1.78. The van der Waals surface area contributed by atoms with E-state index in [1.165, 1.54) is 7.11 Å². The van der Waals surface area contributed by atoms with Crippen LogP contribution in [0.15, 0.2) is 0 Å². The van der Waals surface area contributed by atoms with Gasteiger partial charge in [-0.25, -0.2) is 13.6 Å². The summed E-state index contributed by atoms with van der Waals surface area (Å²) in [6.45, 7) is -0.431. The van der Waals surface area contributed by atoms with E-state index >= 15 is 0 Å². The van der Waals surface area contributed by atoms with E-state index in [9.17, 15) is 13.6 Å². The molecule has 1 fully saturated rings. The predicted octanol–water partition coefficient (Wildman–Crippen LogP) is 1.09. The molecule has 0 saturated carbocycles. The molecule has 0 N–H and O–H groups in total. The molecule has 1 aliphatic heterocycles. The Bertz CT molecular complexity index is 172. The Morgan fingerprint density at radius 2 is 2.27 bits per heavy atom. The number of carbonyl (C=O) groups excluding carboxylic acids is 1. The SMILES string of the molecule is COC(=O)N1CCC(F)(F)C1. The van der Waals surface area contributed by atoms with Gasteiger partial charge in [-0.05, 0) is 0 Å². The highest BCUT2D eigenvalue weighted by Crippen LogP contribution is 2.26. The molecule has 1 saturated heterocycles. The zero-order valence-corrected chi connectivity index (χ0v) is 6.14. The second kappa shape index (κ2) is 2.64. The highest BCUT2D eigenvalue weighted by molar-refractivity contribution is 5.67. The molecule has 3 nitrogen and oxygen atoms in total. The second-order valence-corrected chi connectivity index (χ2v) is 2.50. The quantitative estimate of drug-likeness (QED) is 0.537. The van der Waals surface area contributed by atoms with Gasteiger partial charge >= 0.3 is 6.09 Å². The van der Waals surface area contributed by atoms with E-state index in [2.05, 4.69) is 4.74 Å². The van der Waals surface area contributed by atoms with Crippen LogP contribution in [-0.2, 0) is 4.74 Å². The molecule has 0 aliphatic carbocycles. The van der Waals surface area contributed by atoms with Crippen LogP contribution in [-0.4, -0.2) is 37.1 Å². The van der Waals surface area contributed by atoms with Gasteiger partial charge in [0.1, 0.15) is 0 Å². The van der Waals surface area contributed by atoms with Crippen LogP contribution < -0.4 is 0 Å². The number of alkyl halides is 2. The van der Waals surface area contributed by atoms with Crippen molar-refractivity contribution in [2.24, 2.45) is 0 Å². The van der Waals surface area contributed by atoms with Crippen molar-refractivity contribution in [2.45, 2.75) is 12.3 Å². The second-order valence-electron chi connectivity index (χ2n) is 2.50. The first-order chi connectivity index (χ1) is 5.05. The Labute approximate surface area is 62.9 Å². The predicted molar refractivity (Wildman–Crippen MR) is 33.5 cm³/mol. The molecule has 64 valence electrons. The number of carbonyl (C=O) groups is 1. The van der Waals surface area contributed by atoms with Gasteiger partial charge in [0, 0.05) is 13.0 Å². The van der Waals surface area contributed by atoms with Gasteiger partial charge < -0.3 is 9.64 Å². The maximum atomic E-state index is 12.4. The third-order valence-electron chi connectivity index (χ3n) is 1.60. The number of nitrogens with zero attached hydrogens (tertiary/aromatic N) is 1. The lowest BCUT2D eigenvalue weighted by Gasteiger charge is -2.13. The molecule has 0 atom stereocenters. The number of likely N-dealkylation sites (tertiary alicyclic amines) is 1. The van der Waals surface area contributed by atoms with E-state index in [1.54, 1.807) is 0 Å². The number of rotatable bonds is 0. The van der Waals surface area contributed by atoms with Gasteiger partial charge in [0.2, 0.25) is 0 Å². The molecule has 0 aromatic heterocycles. The molecule has 0 aromatic rings. The van der Waals surface area contributed by atoms with Crippen molar-refractivity contribution in [3.63, 3.8) is 0 Å². The maximum absolute atomic E-state index is 12.4. The highest BCUT2D eigenvalue weighted by Gasteiger charge is 2.40. The highest BCUT2D eigenvalue weighted by atomic mass is 19.3. The molecule has 0 bridgehead atoms. The number of methoxy groups -OCH3 is 1. The fourth-order valence-corrected chi connectivity index (χ4v) is 1.02. The van der Waals surface area contributed by atoms with E-state index in [-0.39, 0.29) is 13.0 Å². The summed E-state index contributed by atoms with van der Waals surface area (Å²) < 4.78 is 29.2. The summed E-state index contributed by atoms with van der Waals surface area (Å²) in [5, 5.41) is 0. The summed E-state index contributed by atoms with van der Waals surface area (Å²) in [5.41, 5.74) is 0. The van der Waals surface area contributed by atoms with Gasteiger partial charge in [-0.1, -0.05) is 0 Å². The van der Waals surface area contributed by atoms with Gasteiger partial charge in [0.15, 0.2) is 0 Å². The van der Waals surface area contributed by atoms with Crippen LogP contribution in [0.1, 0.15) is 6.42 Å². The van der Waals surface area contributed by atoms with Crippen LogP contribution in [0, 0.1) is 0 Å². The van der Waals surface area contributed by atoms with Crippen LogP contribution in [0.2, 0.25) is 0 Å². The summed E-state index contributed by atoms with van der Waals surface area (Å²) in [6.07, 6.45) is -0.940. The number of ether oxygens (including phenoxy) is 1. The van der Waals surface area contributed by atoms with E-state index in [0.717, 1.165) is 4.90 Å². The molecule has 0 aromatic carbocycles. The normalized spacial score (nSPS) is 21.9. The lowest BCUT2D eigenvalue weighted by molar-refractivity contribution is 0.0119. The van der Waals surface area contributed by atoms with Crippen molar-refractivity contribution in [2.75, 3.05) is 20.2 Å². The first-order valence-electron chi connectivity index (χ1n) is 3.26. The van der Waals surface area contributed by atoms with Gasteiger partial charge in [0.25, 0.3) is 5.92 Å². The fraction of sp³-hybridized carbons (Fsp3) is 0.833. The van der Waals surface area contributed by atoms with Crippen molar-refractivity contribution in [3.8, 4) is 0 Å². The monoisotopic (exact) mass is 165 g/mol. The van der Waals surface area contributed by atoms with E-state index in [0.29, 0.717) is 0 Å². The Morgan fingerprint density at radius 3 is 2.64 bits per heavy atom. The number of hydrogen-bond donors (Lipinski definition) is 0. The molecule has 0 spiro atoms. The summed E-state index contributed by atoms with van der Waals surface area (Å²) >= 11 is 0. The molecule has 1 aliphatic rings. The van der Waals surface area contributed by atoms with Crippen molar-refractivity contribution in [1.82, 2.24) is 4.90 Å². The average Bonchev–Trinajstić information content (AvgIpc) is 2.29. The van der Waals surface area contributed by atoms with Crippen LogP contribution in [0.3, 0.4) is 0 Å². The van der Waals surface area contributed by atoms with E-state index in [4.69, 9.17) is 0 Å². The van der Waals surface area contributed by atoms with Crippen LogP contribution in [0.4, 0.5) is 13.6 Å². The minimum Gasteiger partial charge on any atom is -0.453 e.